The van der Waals surface area contributed by atoms with Crippen LogP contribution in [0.2, 0.25) is 5.02 Å². The molecule has 1 aliphatic rings. The van der Waals surface area contributed by atoms with Gasteiger partial charge in [0.2, 0.25) is 5.91 Å². The number of benzene rings is 4. The molecule has 0 radical (unpaired) electrons. The number of carbonyl (C=O) groups excluding carboxylic acids is 2. The smallest absolute Gasteiger partial charge is 0.274 e. The third kappa shape index (κ3) is 9.78. The topological polar surface area (TPSA) is 141 Å². The lowest BCUT2D eigenvalue weighted by Crippen LogP contribution is -2.47. The number of sulfonamides is 1. The maximum atomic E-state index is 13.9. The molecule has 270 valence electrons. The summed E-state index contributed by atoms with van der Waals surface area (Å²) in [5, 5.41) is 10.7. The fourth-order valence-electron chi connectivity index (χ4n) is 6.00. The maximum Gasteiger partial charge on any atom is 0.274 e. The highest BCUT2D eigenvalue weighted by atomic mass is 35.5. The molecule has 52 heavy (non-hydrogen) atoms. The van der Waals surface area contributed by atoms with Crippen LogP contribution in [0.3, 0.4) is 0 Å². The lowest BCUT2D eigenvalue weighted by Gasteiger charge is -2.32. The number of anilines is 2. The summed E-state index contributed by atoms with van der Waals surface area (Å²) < 4.78 is 42.4. The molecule has 5 aromatic rings. The highest BCUT2D eigenvalue weighted by Gasteiger charge is 2.29. The molecule has 0 aliphatic heterocycles. The van der Waals surface area contributed by atoms with E-state index in [1.165, 1.54) is 35.0 Å². The van der Waals surface area contributed by atoms with Crippen molar-refractivity contribution in [2.24, 2.45) is 0 Å². The Labute approximate surface area is 308 Å². The van der Waals surface area contributed by atoms with Crippen LogP contribution in [0.15, 0.2) is 114 Å². The van der Waals surface area contributed by atoms with Crippen molar-refractivity contribution in [1.29, 1.82) is 0 Å². The molecule has 1 saturated carbocycles. The van der Waals surface area contributed by atoms with Gasteiger partial charge in [0.05, 0.1) is 29.3 Å². The lowest BCUT2D eigenvalue weighted by molar-refractivity contribution is -0.124. The van der Waals surface area contributed by atoms with E-state index in [1.807, 2.05) is 73.7 Å². The van der Waals surface area contributed by atoms with Crippen molar-refractivity contribution in [2.45, 2.75) is 69.4 Å². The minimum atomic E-state index is -4.11. The number of rotatable bonds is 14. The Bertz CT molecular complexity index is 2090. The molecule has 1 aromatic heterocycles. The second kappa shape index (κ2) is 16.9. The van der Waals surface area contributed by atoms with Gasteiger partial charge in [-0.15, -0.1) is 0 Å². The van der Waals surface area contributed by atoms with Gasteiger partial charge in [-0.05, 0) is 72.9 Å². The van der Waals surface area contributed by atoms with Gasteiger partial charge in [-0.25, -0.2) is 13.1 Å². The molecule has 0 saturated heterocycles. The zero-order valence-electron chi connectivity index (χ0n) is 28.6. The van der Waals surface area contributed by atoms with Crippen molar-refractivity contribution in [3.05, 3.63) is 137 Å². The van der Waals surface area contributed by atoms with E-state index in [-0.39, 0.29) is 41.7 Å². The molecule has 1 fully saturated rings. The summed E-state index contributed by atoms with van der Waals surface area (Å²) in [6.45, 7) is 2.24. The van der Waals surface area contributed by atoms with Gasteiger partial charge in [0, 0.05) is 11.1 Å². The summed E-state index contributed by atoms with van der Waals surface area (Å²) in [5.74, 6) is -0.713. The molecule has 0 bridgehead atoms. The van der Waals surface area contributed by atoms with Gasteiger partial charge in [-0.1, -0.05) is 91.2 Å². The molecule has 13 heteroatoms. The normalized spacial score (nSPS) is 15.8. The molecule has 0 spiro atoms. The second-order valence-electron chi connectivity index (χ2n) is 12.7. The average molecular weight is 742 g/mol. The van der Waals surface area contributed by atoms with Crippen molar-refractivity contribution in [2.75, 3.05) is 10.0 Å². The largest absolute Gasteiger partial charge is 0.487 e. The number of ether oxygens (including phenoxy) is 2. The molecule has 3 N–H and O–H groups in total. The molecular weight excluding hydrogens is 702 g/mol. The number of nitrogens with one attached hydrogen (secondary N) is 3. The second-order valence-corrected chi connectivity index (χ2v) is 14.8. The number of amides is 2. The minimum Gasteiger partial charge on any atom is -0.487 e. The molecule has 2 atom stereocenters. The first-order valence-corrected chi connectivity index (χ1v) is 18.9. The van der Waals surface area contributed by atoms with Crippen LogP contribution in [0.5, 0.6) is 5.75 Å². The fraction of sp³-hybridized carbons (Fsp3) is 0.256. The number of nitrogens with zero attached hydrogens (tertiary/aromatic N) is 2. The summed E-state index contributed by atoms with van der Waals surface area (Å²) >= 11 is 5.96. The van der Waals surface area contributed by atoms with E-state index in [1.54, 1.807) is 12.1 Å². The summed E-state index contributed by atoms with van der Waals surface area (Å²) in [7, 11) is -4.11. The SMILES string of the molecule is Cc1ccc(OCc2ccccc2)c(NC(=O)c2cc(NS(=O)(=O)c3ccc(Cl)cc3)nn2CC(=O)NC2CCCC[C@@H]2OCc2ccccc2)c1. The Kier molecular flexibility index (Phi) is 11.9. The summed E-state index contributed by atoms with van der Waals surface area (Å²) in [6.07, 6.45) is 3.28. The zero-order valence-corrected chi connectivity index (χ0v) is 30.2. The number of hydrogen-bond acceptors (Lipinski definition) is 7. The van der Waals surface area contributed by atoms with E-state index in [4.69, 9.17) is 21.1 Å². The molecule has 6 rings (SSSR count). The number of aromatic nitrogens is 2. The van der Waals surface area contributed by atoms with Crippen molar-refractivity contribution < 1.29 is 27.5 Å². The molecule has 2 amide bonds. The predicted molar refractivity (Wildman–Crippen MR) is 200 cm³/mol. The Hall–Kier alpha value is -5.17. The van der Waals surface area contributed by atoms with Crippen LogP contribution in [0, 0.1) is 6.92 Å². The van der Waals surface area contributed by atoms with E-state index in [9.17, 15) is 18.0 Å². The predicted octanol–water partition coefficient (Wildman–Crippen LogP) is 7.12. The van der Waals surface area contributed by atoms with Gasteiger partial charge < -0.3 is 20.1 Å². The minimum absolute atomic E-state index is 0.0417. The molecule has 1 heterocycles. The molecule has 11 nitrogen and oxygen atoms in total. The van der Waals surface area contributed by atoms with Crippen molar-refractivity contribution >= 4 is 44.9 Å². The lowest BCUT2D eigenvalue weighted by atomic mass is 9.92. The summed E-state index contributed by atoms with van der Waals surface area (Å²) in [5.41, 5.74) is 3.24. The average Bonchev–Trinajstić information content (AvgIpc) is 3.53. The van der Waals surface area contributed by atoms with E-state index in [0.717, 1.165) is 42.4 Å². The van der Waals surface area contributed by atoms with Gasteiger partial charge in [0.15, 0.2) is 5.82 Å². The fourth-order valence-corrected chi connectivity index (χ4v) is 7.11. The van der Waals surface area contributed by atoms with Gasteiger partial charge in [0.1, 0.15) is 24.6 Å². The zero-order chi connectivity index (χ0) is 36.5. The monoisotopic (exact) mass is 741 g/mol. The Morgan fingerprint density at radius 1 is 0.865 bits per heavy atom. The highest BCUT2D eigenvalue weighted by Crippen LogP contribution is 2.28. The molecule has 1 unspecified atom stereocenters. The van der Waals surface area contributed by atoms with E-state index in [2.05, 4.69) is 20.5 Å². The van der Waals surface area contributed by atoms with Crippen LogP contribution in [-0.4, -0.2) is 42.2 Å². The third-order valence-corrected chi connectivity index (χ3v) is 10.3. The van der Waals surface area contributed by atoms with Crippen LogP contribution < -0.4 is 20.1 Å². The molecule has 4 aromatic carbocycles. The summed E-state index contributed by atoms with van der Waals surface area (Å²) in [6, 6.07) is 31.6. The van der Waals surface area contributed by atoms with E-state index < -0.39 is 21.8 Å². The highest BCUT2D eigenvalue weighted by molar-refractivity contribution is 7.92. The Morgan fingerprint density at radius 2 is 1.54 bits per heavy atom. The first-order valence-electron chi connectivity index (χ1n) is 17.0. The molecular formula is C39H40ClN5O6S. The van der Waals surface area contributed by atoms with Crippen LogP contribution in [-0.2, 0) is 39.3 Å². The Morgan fingerprint density at radius 3 is 2.25 bits per heavy atom. The van der Waals surface area contributed by atoms with Crippen LogP contribution in [0.4, 0.5) is 11.5 Å². The third-order valence-electron chi connectivity index (χ3n) is 8.65. The number of halogens is 1. The van der Waals surface area contributed by atoms with Gasteiger partial charge in [0.25, 0.3) is 15.9 Å². The van der Waals surface area contributed by atoms with Crippen molar-refractivity contribution in [1.82, 2.24) is 15.1 Å². The van der Waals surface area contributed by atoms with Crippen LogP contribution in [0.25, 0.3) is 0 Å². The number of aryl methyl sites for hydroxylation is 1. The standard InChI is InChI=1S/C39H40ClN5O6S/c1-27-16-21-36(51-26-29-12-6-3-7-13-29)33(22-27)42-39(47)34-23-37(44-52(48,49)31-19-17-30(40)18-20-31)43-45(34)24-38(46)41-32-14-8-9-15-35(32)50-25-28-10-4-2-5-11-28/h2-7,10-13,16-23,32,35H,8-9,14-15,24-26H2,1H3,(H,41,46)(H,42,47)(H,43,44)/t32?,35-/m0/s1. The quantitative estimate of drug-likeness (QED) is 0.110. The summed E-state index contributed by atoms with van der Waals surface area (Å²) in [4.78, 5) is 27.5. The van der Waals surface area contributed by atoms with E-state index in [0.29, 0.717) is 23.1 Å². The van der Waals surface area contributed by atoms with Gasteiger partial charge >= 0.3 is 0 Å². The number of carbonyl (C=O) groups is 2. The first kappa shape index (κ1) is 36.6. The number of hydrogen-bond donors (Lipinski definition) is 3. The first-order chi connectivity index (χ1) is 25.1. The van der Waals surface area contributed by atoms with Crippen LogP contribution >= 0.6 is 11.6 Å². The Balaban J connectivity index is 1.22. The van der Waals surface area contributed by atoms with E-state index >= 15 is 0 Å². The van der Waals surface area contributed by atoms with Crippen molar-refractivity contribution in [3.63, 3.8) is 0 Å². The molecule has 1 aliphatic carbocycles. The van der Waals surface area contributed by atoms with Crippen molar-refractivity contribution in [3.8, 4) is 5.75 Å². The van der Waals surface area contributed by atoms with Crippen LogP contribution in [0.1, 0.15) is 52.9 Å². The maximum absolute atomic E-state index is 13.9. The van der Waals surface area contributed by atoms with Gasteiger partial charge in [-0.3, -0.25) is 14.3 Å². The van der Waals surface area contributed by atoms with Gasteiger partial charge in [-0.2, -0.15) is 5.10 Å².